The van der Waals surface area contributed by atoms with Crippen molar-refractivity contribution in [1.82, 2.24) is 0 Å². The topological polar surface area (TPSA) is 26.3 Å². The Morgan fingerprint density at radius 2 is 2.15 bits per heavy atom. The molecule has 13 heavy (non-hydrogen) atoms. The van der Waals surface area contributed by atoms with Crippen molar-refractivity contribution in [3.8, 4) is 0 Å². The quantitative estimate of drug-likeness (QED) is 0.468. The third-order valence-corrected chi connectivity index (χ3v) is 2.09. The highest BCUT2D eigenvalue weighted by Crippen LogP contribution is 2.15. The number of hydrogen-bond donors (Lipinski definition) is 0. The number of esters is 1. The summed E-state index contributed by atoms with van der Waals surface area (Å²) in [5.41, 5.74) is 0. The van der Waals surface area contributed by atoms with Crippen LogP contribution in [0.3, 0.4) is 0 Å². The molecule has 0 aromatic heterocycles. The lowest BCUT2D eigenvalue weighted by Gasteiger charge is -2.11. The highest BCUT2D eigenvalue weighted by Gasteiger charge is 2.16. The second-order valence-electron chi connectivity index (χ2n) is 3.16. The SMILES string of the molecule is CC=CCCC(CCC)C(=O)OC. The standard InChI is InChI=1S/C11H20O2/c1-4-6-7-9-10(8-5-2)11(12)13-3/h4,6,10H,5,7-9H2,1-3H3. The molecule has 0 aliphatic heterocycles. The van der Waals surface area contributed by atoms with E-state index in [4.69, 9.17) is 4.74 Å². The van der Waals surface area contributed by atoms with Crippen LogP contribution in [0.15, 0.2) is 12.2 Å². The molecule has 0 saturated heterocycles. The third kappa shape index (κ3) is 5.45. The van der Waals surface area contributed by atoms with Gasteiger partial charge in [-0.25, -0.2) is 0 Å². The van der Waals surface area contributed by atoms with Crippen molar-refractivity contribution in [3.05, 3.63) is 12.2 Å². The van der Waals surface area contributed by atoms with E-state index in [1.807, 2.05) is 13.0 Å². The van der Waals surface area contributed by atoms with Gasteiger partial charge in [0, 0.05) is 0 Å². The van der Waals surface area contributed by atoms with Crippen molar-refractivity contribution in [2.24, 2.45) is 5.92 Å². The molecule has 0 saturated carbocycles. The second-order valence-corrected chi connectivity index (χ2v) is 3.16. The van der Waals surface area contributed by atoms with Gasteiger partial charge in [0.15, 0.2) is 0 Å². The molecular weight excluding hydrogens is 164 g/mol. The van der Waals surface area contributed by atoms with E-state index in [-0.39, 0.29) is 11.9 Å². The summed E-state index contributed by atoms with van der Waals surface area (Å²) in [6.07, 6.45) is 7.95. The Bertz CT molecular complexity index is 161. The van der Waals surface area contributed by atoms with E-state index in [1.165, 1.54) is 7.11 Å². The molecule has 1 atom stereocenters. The van der Waals surface area contributed by atoms with E-state index in [9.17, 15) is 4.79 Å². The first-order valence-electron chi connectivity index (χ1n) is 4.95. The summed E-state index contributed by atoms with van der Waals surface area (Å²) in [6, 6.07) is 0. The Balaban J connectivity index is 3.86. The predicted molar refractivity (Wildman–Crippen MR) is 54.5 cm³/mol. The molecule has 0 aromatic carbocycles. The molecule has 0 aromatic rings. The lowest BCUT2D eigenvalue weighted by atomic mass is 9.98. The van der Waals surface area contributed by atoms with Gasteiger partial charge in [-0.2, -0.15) is 0 Å². The molecule has 0 bridgehead atoms. The molecule has 0 rings (SSSR count). The van der Waals surface area contributed by atoms with Crippen molar-refractivity contribution in [1.29, 1.82) is 0 Å². The van der Waals surface area contributed by atoms with Gasteiger partial charge >= 0.3 is 5.97 Å². The molecular formula is C11H20O2. The van der Waals surface area contributed by atoms with E-state index in [0.717, 1.165) is 25.7 Å². The van der Waals surface area contributed by atoms with Crippen molar-refractivity contribution in [2.75, 3.05) is 7.11 Å². The lowest BCUT2D eigenvalue weighted by Crippen LogP contribution is -2.15. The summed E-state index contributed by atoms with van der Waals surface area (Å²) in [5.74, 6) is 0.0255. The van der Waals surface area contributed by atoms with Gasteiger partial charge in [-0.05, 0) is 26.2 Å². The first-order valence-corrected chi connectivity index (χ1v) is 4.95. The van der Waals surface area contributed by atoms with Crippen LogP contribution in [0.2, 0.25) is 0 Å². The maximum Gasteiger partial charge on any atom is 0.308 e. The Morgan fingerprint density at radius 3 is 2.62 bits per heavy atom. The fraction of sp³-hybridized carbons (Fsp3) is 0.727. The smallest absolute Gasteiger partial charge is 0.308 e. The van der Waals surface area contributed by atoms with Crippen molar-refractivity contribution < 1.29 is 9.53 Å². The average Bonchev–Trinajstić information content (AvgIpc) is 2.16. The minimum atomic E-state index is -0.0636. The van der Waals surface area contributed by atoms with Crippen LogP contribution in [-0.2, 0) is 9.53 Å². The molecule has 0 spiro atoms. The molecule has 0 heterocycles. The number of carbonyl (C=O) groups excluding carboxylic acids is 1. The van der Waals surface area contributed by atoms with E-state index >= 15 is 0 Å². The molecule has 0 radical (unpaired) electrons. The van der Waals surface area contributed by atoms with Crippen LogP contribution in [0.1, 0.15) is 39.5 Å². The monoisotopic (exact) mass is 184 g/mol. The van der Waals surface area contributed by atoms with E-state index in [2.05, 4.69) is 13.0 Å². The molecule has 0 N–H and O–H groups in total. The van der Waals surface area contributed by atoms with Crippen LogP contribution in [0.4, 0.5) is 0 Å². The summed E-state index contributed by atoms with van der Waals surface area (Å²) >= 11 is 0. The normalized spacial score (nSPS) is 13.2. The van der Waals surface area contributed by atoms with Gasteiger partial charge in [0.1, 0.15) is 0 Å². The number of hydrogen-bond acceptors (Lipinski definition) is 2. The molecule has 1 unspecified atom stereocenters. The minimum absolute atomic E-state index is 0.0636. The molecule has 0 aliphatic rings. The number of carbonyl (C=O) groups is 1. The lowest BCUT2D eigenvalue weighted by molar-refractivity contribution is -0.145. The van der Waals surface area contributed by atoms with Gasteiger partial charge in [-0.3, -0.25) is 4.79 Å². The molecule has 76 valence electrons. The molecule has 2 heteroatoms. The summed E-state index contributed by atoms with van der Waals surface area (Å²) in [4.78, 5) is 11.2. The first kappa shape index (κ1) is 12.2. The van der Waals surface area contributed by atoms with Crippen LogP contribution in [0.25, 0.3) is 0 Å². The third-order valence-electron chi connectivity index (χ3n) is 2.09. The summed E-state index contributed by atoms with van der Waals surface area (Å²) in [5, 5.41) is 0. The average molecular weight is 184 g/mol. The summed E-state index contributed by atoms with van der Waals surface area (Å²) in [6.45, 7) is 4.08. The van der Waals surface area contributed by atoms with E-state index < -0.39 is 0 Å². The van der Waals surface area contributed by atoms with Gasteiger partial charge in [-0.15, -0.1) is 0 Å². The largest absolute Gasteiger partial charge is 0.469 e. The minimum Gasteiger partial charge on any atom is -0.469 e. The van der Waals surface area contributed by atoms with Gasteiger partial charge in [0.05, 0.1) is 13.0 Å². The number of allylic oxidation sites excluding steroid dienone is 2. The second kappa shape index (κ2) is 7.84. The van der Waals surface area contributed by atoms with Crippen molar-refractivity contribution >= 4 is 5.97 Å². The number of rotatable bonds is 6. The van der Waals surface area contributed by atoms with Crippen molar-refractivity contribution in [2.45, 2.75) is 39.5 Å². The Morgan fingerprint density at radius 1 is 1.46 bits per heavy atom. The van der Waals surface area contributed by atoms with Crippen LogP contribution < -0.4 is 0 Å². The predicted octanol–water partition coefficient (Wildman–Crippen LogP) is 2.93. The molecule has 0 fully saturated rings. The Kier molecular flexibility index (Phi) is 7.36. The fourth-order valence-corrected chi connectivity index (χ4v) is 1.36. The maximum absolute atomic E-state index is 11.2. The number of ether oxygens (including phenoxy) is 1. The zero-order chi connectivity index (χ0) is 10.1. The van der Waals surface area contributed by atoms with Gasteiger partial charge in [-0.1, -0.05) is 25.5 Å². The number of methoxy groups -OCH3 is 1. The summed E-state index contributed by atoms with van der Waals surface area (Å²) in [7, 11) is 1.46. The van der Waals surface area contributed by atoms with Gasteiger partial charge in [0.25, 0.3) is 0 Å². The van der Waals surface area contributed by atoms with Crippen molar-refractivity contribution in [3.63, 3.8) is 0 Å². The van der Waals surface area contributed by atoms with Crippen LogP contribution in [-0.4, -0.2) is 13.1 Å². The van der Waals surface area contributed by atoms with Crippen LogP contribution >= 0.6 is 0 Å². The highest BCUT2D eigenvalue weighted by molar-refractivity contribution is 5.72. The Hall–Kier alpha value is -0.790. The molecule has 0 amide bonds. The summed E-state index contributed by atoms with van der Waals surface area (Å²) < 4.78 is 4.73. The van der Waals surface area contributed by atoms with Crippen LogP contribution in [0, 0.1) is 5.92 Å². The zero-order valence-electron chi connectivity index (χ0n) is 8.88. The molecule has 2 nitrogen and oxygen atoms in total. The Labute approximate surface area is 81.0 Å². The highest BCUT2D eigenvalue weighted by atomic mass is 16.5. The maximum atomic E-state index is 11.2. The van der Waals surface area contributed by atoms with Gasteiger partial charge in [0.2, 0.25) is 0 Å². The fourth-order valence-electron chi connectivity index (χ4n) is 1.36. The van der Waals surface area contributed by atoms with Gasteiger partial charge < -0.3 is 4.74 Å². The molecule has 0 aliphatic carbocycles. The zero-order valence-corrected chi connectivity index (χ0v) is 8.88. The van der Waals surface area contributed by atoms with E-state index in [0.29, 0.717) is 0 Å². The van der Waals surface area contributed by atoms with E-state index in [1.54, 1.807) is 0 Å². The van der Waals surface area contributed by atoms with Crippen LogP contribution in [0.5, 0.6) is 0 Å². The first-order chi connectivity index (χ1) is 6.26.